The molecule has 15 nitrogen and oxygen atoms in total. The first-order chi connectivity index (χ1) is 24.0. The molecule has 0 saturated carbocycles. The molecule has 0 unspecified atom stereocenters. The Balaban J connectivity index is 1.35. The molecular weight excluding hydrogens is 646 g/mol. The Hall–Kier alpha value is -5.95. The average molecular weight is 684 g/mol. The van der Waals surface area contributed by atoms with Gasteiger partial charge in [0.2, 0.25) is 11.8 Å². The van der Waals surface area contributed by atoms with Crippen molar-refractivity contribution >= 4 is 57.2 Å². The number of carboxylic acids is 3. The largest absolute Gasteiger partial charge is 0.480 e. The smallest absolute Gasteiger partial charge is 0.317 e. The molecule has 0 radical (unpaired) electrons. The number of amides is 2. The summed E-state index contributed by atoms with van der Waals surface area (Å²) in [5.41, 5.74) is 3.30. The molecule has 2 amide bonds. The zero-order chi connectivity index (χ0) is 36.0. The van der Waals surface area contributed by atoms with E-state index < -0.39 is 49.4 Å². The Morgan fingerprint density at radius 2 is 1.18 bits per heavy atom. The van der Waals surface area contributed by atoms with Gasteiger partial charge in [-0.05, 0) is 48.4 Å². The van der Waals surface area contributed by atoms with Gasteiger partial charge in [-0.2, -0.15) is 0 Å². The number of aliphatic carboxylic acids is 3. The van der Waals surface area contributed by atoms with Gasteiger partial charge in [0, 0.05) is 61.4 Å². The molecule has 2 heterocycles. The highest BCUT2D eigenvalue weighted by molar-refractivity contribution is 6.02. The van der Waals surface area contributed by atoms with Crippen LogP contribution in [-0.2, 0) is 24.0 Å². The number of anilines is 1. The van der Waals surface area contributed by atoms with Gasteiger partial charge >= 0.3 is 17.9 Å². The molecule has 2 aromatic carbocycles. The van der Waals surface area contributed by atoms with Gasteiger partial charge < -0.3 is 26.0 Å². The summed E-state index contributed by atoms with van der Waals surface area (Å²) in [6, 6.07) is 18.4. The van der Waals surface area contributed by atoms with E-state index in [2.05, 4.69) is 27.5 Å². The highest BCUT2D eigenvalue weighted by Crippen LogP contribution is 2.22. The van der Waals surface area contributed by atoms with Gasteiger partial charge in [0.1, 0.15) is 5.69 Å². The molecule has 0 spiro atoms. The number of carbonyl (C=O) groups excluding carboxylic acids is 2. The van der Waals surface area contributed by atoms with Gasteiger partial charge in [0.05, 0.1) is 43.8 Å². The number of carbonyl (C=O) groups is 5. The molecule has 0 aliphatic heterocycles. The van der Waals surface area contributed by atoms with E-state index in [9.17, 15) is 39.3 Å². The van der Waals surface area contributed by atoms with Crippen LogP contribution in [0.15, 0.2) is 66.9 Å². The Kier molecular flexibility index (Phi) is 13.3. The second-order valence-corrected chi connectivity index (χ2v) is 11.3. The normalized spacial score (nSPS) is 11.0. The fraction of sp³-hybridized carbons (Fsp3) is 0.286. The minimum Gasteiger partial charge on any atom is -0.480 e. The van der Waals surface area contributed by atoms with Crippen LogP contribution in [0.1, 0.15) is 11.3 Å². The number of aromatic nitrogens is 2. The molecule has 0 aliphatic carbocycles. The van der Waals surface area contributed by atoms with Gasteiger partial charge in [0.25, 0.3) is 0 Å². The molecule has 0 saturated heterocycles. The maximum atomic E-state index is 12.9. The fourth-order valence-electron chi connectivity index (χ4n) is 5.09. The topological polar surface area (TPSA) is 206 Å². The van der Waals surface area contributed by atoms with Crippen molar-refractivity contribution in [2.45, 2.75) is 0 Å². The van der Waals surface area contributed by atoms with Crippen molar-refractivity contribution in [2.75, 3.05) is 71.3 Å². The van der Waals surface area contributed by atoms with Gasteiger partial charge in [-0.15, -0.1) is 0 Å². The van der Waals surface area contributed by atoms with Crippen LogP contribution < -0.4 is 10.6 Å². The quantitative estimate of drug-likeness (QED) is 0.0780. The predicted octanol–water partition coefficient (Wildman–Crippen LogP) is 1.03. The number of benzene rings is 2. The van der Waals surface area contributed by atoms with Crippen molar-refractivity contribution < 1.29 is 39.3 Å². The number of hydrogen-bond donors (Lipinski definition) is 5. The third-order valence-electron chi connectivity index (χ3n) is 7.49. The summed E-state index contributed by atoms with van der Waals surface area (Å²) in [5.74, 6) is 1.79. The van der Waals surface area contributed by atoms with E-state index in [1.807, 2.05) is 36.4 Å². The van der Waals surface area contributed by atoms with E-state index in [4.69, 9.17) is 4.98 Å². The minimum absolute atomic E-state index is 0.0323. The fourth-order valence-corrected chi connectivity index (χ4v) is 5.09. The summed E-state index contributed by atoms with van der Waals surface area (Å²) >= 11 is 0. The van der Waals surface area contributed by atoms with Crippen LogP contribution in [0.2, 0.25) is 0 Å². The lowest BCUT2D eigenvalue weighted by Crippen LogP contribution is -2.46. The maximum absolute atomic E-state index is 12.9. The van der Waals surface area contributed by atoms with Crippen LogP contribution >= 0.6 is 0 Å². The summed E-state index contributed by atoms with van der Waals surface area (Å²) in [7, 11) is 1.42. The number of hydrogen-bond acceptors (Lipinski definition) is 10. The molecule has 0 bridgehead atoms. The number of carboxylic acid groups (broad SMARTS) is 3. The van der Waals surface area contributed by atoms with Crippen LogP contribution in [0.25, 0.3) is 21.8 Å². The number of pyridine rings is 2. The summed E-state index contributed by atoms with van der Waals surface area (Å²) in [6.07, 6.45) is 1.73. The monoisotopic (exact) mass is 683 g/mol. The van der Waals surface area contributed by atoms with E-state index in [0.717, 1.165) is 21.8 Å². The van der Waals surface area contributed by atoms with Gasteiger partial charge in [-0.3, -0.25) is 43.7 Å². The van der Waals surface area contributed by atoms with Crippen molar-refractivity contribution in [3.8, 4) is 11.8 Å². The molecule has 0 fully saturated rings. The third-order valence-corrected chi connectivity index (χ3v) is 7.49. The highest BCUT2D eigenvalue weighted by Gasteiger charge is 2.19. The first-order valence-electron chi connectivity index (χ1n) is 15.6. The molecule has 0 aliphatic rings. The number of nitrogens with zero attached hydrogens (tertiary/aromatic N) is 5. The van der Waals surface area contributed by atoms with Crippen molar-refractivity contribution in [2.24, 2.45) is 0 Å². The molecule has 4 rings (SSSR count). The Bertz CT molecular complexity index is 1920. The minimum atomic E-state index is -1.17. The van der Waals surface area contributed by atoms with Crippen molar-refractivity contribution in [1.29, 1.82) is 0 Å². The second kappa shape index (κ2) is 18.0. The molecule has 260 valence electrons. The average Bonchev–Trinajstić information content (AvgIpc) is 3.08. The molecule has 5 N–H and O–H groups in total. The van der Waals surface area contributed by atoms with Crippen LogP contribution in [0, 0.1) is 11.8 Å². The standard InChI is InChI=1S/C35H37N7O8/c1-36-29(43)19-41(22-32(47)48)17-15-40(21-31(45)46)16-18-42(23-33(49)50)20-30(44)38-27-10-4-24(5-11-27)6-12-28-13-9-26-8-7-25-3-2-14-37-34(25)35(26)39-28/h2-5,7-11,13-14H,15-23H2,1H3,(H,36,43)(H,38,44)(H,45,46)(H,47,48)(H,49,50). The van der Waals surface area contributed by atoms with E-state index >= 15 is 0 Å². The lowest BCUT2D eigenvalue weighted by Gasteiger charge is -2.27. The van der Waals surface area contributed by atoms with Crippen LogP contribution in [0.3, 0.4) is 0 Å². The second-order valence-electron chi connectivity index (χ2n) is 11.3. The van der Waals surface area contributed by atoms with Crippen LogP contribution in [0.4, 0.5) is 5.69 Å². The summed E-state index contributed by atoms with van der Waals surface area (Å²) in [4.78, 5) is 72.3. The number of fused-ring (bicyclic) bond motifs is 3. The van der Waals surface area contributed by atoms with Gasteiger partial charge in [0.15, 0.2) is 0 Å². The molecule has 2 aromatic heterocycles. The first-order valence-corrected chi connectivity index (χ1v) is 15.6. The molecule has 0 atom stereocenters. The van der Waals surface area contributed by atoms with E-state index in [-0.39, 0.29) is 39.3 Å². The van der Waals surface area contributed by atoms with Crippen molar-refractivity contribution in [3.63, 3.8) is 0 Å². The number of rotatable bonds is 17. The third kappa shape index (κ3) is 11.6. The molecule has 50 heavy (non-hydrogen) atoms. The van der Waals surface area contributed by atoms with Gasteiger partial charge in [-0.25, -0.2) is 4.98 Å². The summed E-state index contributed by atoms with van der Waals surface area (Å²) < 4.78 is 0. The van der Waals surface area contributed by atoms with E-state index in [0.29, 0.717) is 16.9 Å². The Morgan fingerprint density at radius 3 is 1.78 bits per heavy atom. The maximum Gasteiger partial charge on any atom is 0.317 e. The summed E-state index contributed by atoms with van der Waals surface area (Å²) in [6.45, 7) is -1.53. The Labute approximate surface area is 287 Å². The van der Waals surface area contributed by atoms with Crippen molar-refractivity contribution in [3.05, 3.63) is 78.1 Å². The zero-order valence-electron chi connectivity index (χ0n) is 27.3. The molecular formula is C35H37N7O8. The van der Waals surface area contributed by atoms with Gasteiger partial charge in [-0.1, -0.05) is 24.1 Å². The molecule has 4 aromatic rings. The van der Waals surface area contributed by atoms with Crippen LogP contribution in [0.5, 0.6) is 0 Å². The SMILES string of the molecule is CNC(=O)CN(CCN(CCN(CC(=O)O)CC(=O)Nc1ccc(C#Cc2ccc3ccc4cccnc4c3n2)cc1)CC(=O)O)CC(=O)O. The lowest BCUT2D eigenvalue weighted by molar-refractivity contribution is -0.141. The Morgan fingerprint density at radius 1 is 0.640 bits per heavy atom. The predicted molar refractivity (Wildman–Crippen MR) is 184 cm³/mol. The van der Waals surface area contributed by atoms with Crippen LogP contribution in [-0.4, -0.2) is 136 Å². The first kappa shape index (κ1) is 36.9. The number of likely N-dealkylation sites (N-methyl/N-ethyl adjacent to an activating group) is 1. The lowest BCUT2D eigenvalue weighted by atomic mass is 10.1. The summed E-state index contributed by atoms with van der Waals surface area (Å²) in [5, 5.41) is 35.1. The molecule has 15 heteroatoms. The van der Waals surface area contributed by atoms with E-state index in [1.54, 1.807) is 30.5 Å². The number of nitrogens with one attached hydrogen (secondary N) is 2. The zero-order valence-corrected chi connectivity index (χ0v) is 27.3. The van der Waals surface area contributed by atoms with E-state index in [1.165, 1.54) is 21.7 Å². The van der Waals surface area contributed by atoms with Crippen molar-refractivity contribution in [1.82, 2.24) is 30.0 Å². The highest BCUT2D eigenvalue weighted by atomic mass is 16.4.